The SMILES string of the molecule is CCc1ccc(O)c(C(=O)NC[C@@H]2CCS(=O)(=O)C2)c1. The van der Waals surface area contributed by atoms with Gasteiger partial charge >= 0.3 is 0 Å². The quantitative estimate of drug-likeness (QED) is 0.872. The lowest BCUT2D eigenvalue weighted by Crippen LogP contribution is -2.29. The fraction of sp³-hybridized carbons (Fsp3) is 0.500. The maximum Gasteiger partial charge on any atom is 0.255 e. The van der Waals surface area contributed by atoms with Crippen molar-refractivity contribution in [3.63, 3.8) is 0 Å². The molecule has 0 radical (unpaired) electrons. The van der Waals surface area contributed by atoms with Crippen molar-refractivity contribution in [2.75, 3.05) is 18.1 Å². The third-order valence-corrected chi connectivity index (χ3v) is 5.43. The summed E-state index contributed by atoms with van der Waals surface area (Å²) >= 11 is 0. The number of rotatable bonds is 4. The van der Waals surface area contributed by atoms with Crippen LogP contribution in [0, 0.1) is 5.92 Å². The van der Waals surface area contributed by atoms with Crippen LogP contribution in [-0.2, 0) is 16.3 Å². The van der Waals surface area contributed by atoms with Gasteiger partial charge in [-0.15, -0.1) is 0 Å². The summed E-state index contributed by atoms with van der Waals surface area (Å²) in [6.45, 7) is 2.30. The number of hydrogen-bond acceptors (Lipinski definition) is 4. The molecule has 6 heteroatoms. The second kappa shape index (κ2) is 5.83. The summed E-state index contributed by atoms with van der Waals surface area (Å²) in [5.74, 6) is -0.112. The Morgan fingerprint density at radius 3 is 2.80 bits per heavy atom. The molecule has 20 heavy (non-hydrogen) atoms. The van der Waals surface area contributed by atoms with Crippen molar-refractivity contribution in [1.82, 2.24) is 5.32 Å². The Morgan fingerprint density at radius 1 is 1.45 bits per heavy atom. The maximum atomic E-state index is 12.0. The minimum Gasteiger partial charge on any atom is -0.507 e. The summed E-state index contributed by atoms with van der Waals surface area (Å²) in [6.07, 6.45) is 1.37. The van der Waals surface area contributed by atoms with E-state index in [0.29, 0.717) is 13.0 Å². The zero-order chi connectivity index (χ0) is 14.8. The van der Waals surface area contributed by atoms with Crippen molar-refractivity contribution in [3.8, 4) is 5.75 Å². The van der Waals surface area contributed by atoms with Gasteiger partial charge in [0, 0.05) is 6.54 Å². The molecule has 0 unspecified atom stereocenters. The van der Waals surface area contributed by atoms with E-state index in [2.05, 4.69) is 5.32 Å². The highest BCUT2D eigenvalue weighted by atomic mass is 32.2. The van der Waals surface area contributed by atoms with E-state index in [-0.39, 0.29) is 34.6 Å². The molecule has 1 atom stereocenters. The molecule has 0 aromatic heterocycles. The van der Waals surface area contributed by atoms with Crippen LogP contribution >= 0.6 is 0 Å². The monoisotopic (exact) mass is 297 g/mol. The Balaban J connectivity index is 1.99. The van der Waals surface area contributed by atoms with E-state index in [9.17, 15) is 18.3 Å². The number of nitrogens with one attached hydrogen (secondary N) is 1. The molecule has 1 aliphatic heterocycles. The zero-order valence-electron chi connectivity index (χ0n) is 11.4. The molecular weight excluding hydrogens is 278 g/mol. The van der Waals surface area contributed by atoms with Crippen molar-refractivity contribution < 1.29 is 18.3 Å². The molecule has 2 rings (SSSR count). The van der Waals surface area contributed by atoms with Crippen molar-refractivity contribution in [3.05, 3.63) is 29.3 Å². The predicted octanol–water partition coefficient (Wildman–Crippen LogP) is 1.12. The molecular formula is C14H19NO4S. The number of sulfone groups is 1. The Kier molecular flexibility index (Phi) is 4.32. The maximum absolute atomic E-state index is 12.0. The predicted molar refractivity (Wildman–Crippen MR) is 76.6 cm³/mol. The summed E-state index contributed by atoms with van der Waals surface area (Å²) in [7, 11) is -2.93. The summed E-state index contributed by atoms with van der Waals surface area (Å²) in [4.78, 5) is 12.0. The van der Waals surface area contributed by atoms with Crippen molar-refractivity contribution in [2.45, 2.75) is 19.8 Å². The Labute approximate surface area is 118 Å². The lowest BCUT2D eigenvalue weighted by molar-refractivity contribution is 0.0945. The molecule has 1 aromatic carbocycles. The van der Waals surface area contributed by atoms with Crippen molar-refractivity contribution in [2.24, 2.45) is 5.92 Å². The number of aromatic hydroxyl groups is 1. The highest BCUT2D eigenvalue weighted by Crippen LogP contribution is 2.20. The number of aryl methyl sites for hydroxylation is 1. The number of carbonyl (C=O) groups excluding carboxylic acids is 1. The highest BCUT2D eigenvalue weighted by Gasteiger charge is 2.28. The van der Waals surface area contributed by atoms with Gasteiger partial charge in [0.1, 0.15) is 5.75 Å². The van der Waals surface area contributed by atoms with E-state index in [1.165, 1.54) is 6.07 Å². The summed E-state index contributed by atoms with van der Waals surface area (Å²) in [5.41, 5.74) is 1.21. The van der Waals surface area contributed by atoms with Crippen LogP contribution < -0.4 is 5.32 Å². The van der Waals surface area contributed by atoms with Crippen LogP contribution in [-0.4, -0.2) is 37.5 Å². The molecule has 0 bridgehead atoms. The highest BCUT2D eigenvalue weighted by molar-refractivity contribution is 7.91. The molecule has 0 spiro atoms. The molecule has 0 aliphatic carbocycles. The molecule has 5 nitrogen and oxygen atoms in total. The molecule has 1 fully saturated rings. The number of phenolic OH excluding ortho intramolecular Hbond substituents is 1. The van der Waals surface area contributed by atoms with Crippen molar-refractivity contribution in [1.29, 1.82) is 0 Å². The van der Waals surface area contributed by atoms with E-state index in [1.807, 2.05) is 6.92 Å². The standard InChI is InChI=1S/C14H19NO4S/c1-2-10-3-4-13(16)12(7-10)14(17)15-8-11-5-6-20(18,19)9-11/h3-4,7,11,16H,2,5-6,8-9H2,1H3,(H,15,17)/t11-/m0/s1. The van der Waals surface area contributed by atoms with Crippen LogP contribution in [0.1, 0.15) is 29.3 Å². The van der Waals surface area contributed by atoms with Gasteiger partial charge < -0.3 is 10.4 Å². The lowest BCUT2D eigenvalue weighted by atomic mass is 10.1. The summed E-state index contributed by atoms with van der Waals surface area (Å²) in [6, 6.07) is 4.94. The molecule has 110 valence electrons. The first kappa shape index (κ1) is 14.8. The van der Waals surface area contributed by atoms with Crippen LogP contribution in [0.2, 0.25) is 0 Å². The van der Waals surface area contributed by atoms with Gasteiger partial charge in [-0.05, 0) is 36.5 Å². The molecule has 2 N–H and O–H groups in total. The van der Waals surface area contributed by atoms with E-state index >= 15 is 0 Å². The van der Waals surface area contributed by atoms with Gasteiger partial charge in [0.15, 0.2) is 9.84 Å². The average Bonchev–Trinajstić information content (AvgIpc) is 2.76. The van der Waals surface area contributed by atoms with Gasteiger partial charge in [-0.2, -0.15) is 0 Å². The van der Waals surface area contributed by atoms with Gasteiger partial charge in [-0.1, -0.05) is 13.0 Å². The van der Waals surface area contributed by atoms with Gasteiger partial charge in [0.25, 0.3) is 5.91 Å². The fourth-order valence-corrected chi connectivity index (χ4v) is 4.21. The Hall–Kier alpha value is -1.56. The van der Waals surface area contributed by atoms with E-state index in [4.69, 9.17) is 0 Å². The molecule has 1 amide bonds. The van der Waals surface area contributed by atoms with Crippen molar-refractivity contribution >= 4 is 15.7 Å². The van der Waals surface area contributed by atoms with Crippen LogP contribution in [0.25, 0.3) is 0 Å². The van der Waals surface area contributed by atoms with E-state index in [0.717, 1.165) is 12.0 Å². The Morgan fingerprint density at radius 2 is 2.20 bits per heavy atom. The van der Waals surface area contributed by atoms with Gasteiger partial charge in [-0.25, -0.2) is 8.42 Å². The number of carbonyl (C=O) groups is 1. The molecule has 0 saturated carbocycles. The topological polar surface area (TPSA) is 83.5 Å². The molecule has 1 saturated heterocycles. The zero-order valence-corrected chi connectivity index (χ0v) is 12.2. The van der Waals surface area contributed by atoms with E-state index < -0.39 is 9.84 Å². The Bertz CT molecular complexity index is 610. The average molecular weight is 297 g/mol. The first-order chi connectivity index (χ1) is 9.41. The summed E-state index contributed by atoms with van der Waals surface area (Å²) < 4.78 is 22.7. The van der Waals surface area contributed by atoms with Gasteiger partial charge in [-0.3, -0.25) is 4.79 Å². The first-order valence-corrected chi connectivity index (χ1v) is 8.54. The minimum atomic E-state index is -2.93. The third-order valence-electron chi connectivity index (χ3n) is 3.59. The lowest BCUT2D eigenvalue weighted by Gasteiger charge is -2.11. The van der Waals surface area contributed by atoms with Crippen LogP contribution in [0.15, 0.2) is 18.2 Å². The molecule has 1 aliphatic rings. The van der Waals surface area contributed by atoms with Gasteiger partial charge in [0.05, 0.1) is 17.1 Å². The molecule has 1 heterocycles. The number of hydrogen-bond donors (Lipinski definition) is 2. The fourth-order valence-electron chi connectivity index (χ4n) is 2.35. The second-order valence-electron chi connectivity index (χ2n) is 5.18. The van der Waals surface area contributed by atoms with Crippen LogP contribution in [0.3, 0.4) is 0 Å². The van der Waals surface area contributed by atoms with Crippen LogP contribution in [0.5, 0.6) is 5.75 Å². The first-order valence-electron chi connectivity index (χ1n) is 6.72. The molecule has 1 aromatic rings. The number of benzene rings is 1. The third kappa shape index (κ3) is 3.50. The van der Waals surface area contributed by atoms with Crippen LogP contribution in [0.4, 0.5) is 0 Å². The largest absolute Gasteiger partial charge is 0.507 e. The number of amides is 1. The van der Waals surface area contributed by atoms with E-state index in [1.54, 1.807) is 12.1 Å². The minimum absolute atomic E-state index is 0.0274. The normalized spacial score (nSPS) is 20.8. The summed E-state index contributed by atoms with van der Waals surface area (Å²) in [5, 5.41) is 12.4. The smallest absolute Gasteiger partial charge is 0.255 e. The number of phenols is 1. The van der Waals surface area contributed by atoms with Gasteiger partial charge in [0.2, 0.25) is 0 Å². The second-order valence-corrected chi connectivity index (χ2v) is 7.41.